The van der Waals surface area contributed by atoms with Crippen LogP contribution in [0.2, 0.25) is 0 Å². The lowest BCUT2D eigenvalue weighted by Crippen LogP contribution is -2.48. The van der Waals surface area contributed by atoms with Crippen molar-refractivity contribution in [1.82, 2.24) is 4.98 Å². The second-order valence-corrected chi connectivity index (χ2v) is 15.3. The predicted molar refractivity (Wildman–Crippen MR) is 171 cm³/mol. The average molecular weight is 675 g/mol. The van der Waals surface area contributed by atoms with Crippen molar-refractivity contribution < 1.29 is 21.2 Å². The first-order chi connectivity index (χ1) is 20.7. The Labute approximate surface area is 258 Å². The highest BCUT2D eigenvalue weighted by Gasteiger charge is 2.64. The molecule has 9 heteroatoms. The number of para-hydroxylation sites is 1. The molecule has 1 unspecified atom stereocenters. The molecule has 0 saturated heterocycles. The highest BCUT2D eigenvalue weighted by Crippen LogP contribution is 2.53. The monoisotopic (exact) mass is 673 g/mol. The van der Waals surface area contributed by atoms with Gasteiger partial charge in [0.1, 0.15) is 0 Å². The number of H-pyrrole nitrogens is 1. The summed E-state index contributed by atoms with van der Waals surface area (Å²) in [5.41, 5.74) is 2.04. The zero-order valence-corrected chi connectivity index (χ0v) is 25.8. The van der Waals surface area contributed by atoms with Crippen LogP contribution in [0, 0.1) is 0 Å². The Hall–Kier alpha value is -4.05. The SMILES string of the molecule is O=S(=O)(c1ccccc1)C(F)(C(c1cccc(Br)c1)c1c(-c2ccccc2)[nH]c2ccccc12)S(=O)(=O)c1ccccc1. The minimum absolute atomic E-state index is 0.165. The van der Waals surface area contributed by atoms with Crippen molar-refractivity contribution in [3.63, 3.8) is 0 Å². The molecule has 1 aromatic heterocycles. The third-order valence-electron chi connectivity index (χ3n) is 7.46. The summed E-state index contributed by atoms with van der Waals surface area (Å²) in [5, 5.41) is 0.500. The largest absolute Gasteiger partial charge is 0.354 e. The van der Waals surface area contributed by atoms with E-state index < -0.39 is 39.7 Å². The van der Waals surface area contributed by atoms with Crippen LogP contribution < -0.4 is 0 Å². The topological polar surface area (TPSA) is 84.1 Å². The van der Waals surface area contributed by atoms with Crippen LogP contribution in [0.1, 0.15) is 17.0 Å². The van der Waals surface area contributed by atoms with E-state index >= 15 is 4.39 Å². The molecular formula is C34H25BrFNO4S2. The van der Waals surface area contributed by atoms with Gasteiger partial charge < -0.3 is 4.98 Å². The molecule has 0 radical (unpaired) electrons. The van der Waals surface area contributed by atoms with Crippen LogP contribution in [0.15, 0.2) is 154 Å². The van der Waals surface area contributed by atoms with Gasteiger partial charge >= 0.3 is 4.33 Å². The van der Waals surface area contributed by atoms with E-state index in [2.05, 4.69) is 20.9 Å². The van der Waals surface area contributed by atoms with Crippen LogP contribution in [0.4, 0.5) is 4.39 Å². The first kappa shape index (κ1) is 29.0. The van der Waals surface area contributed by atoms with Crippen molar-refractivity contribution in [2.75, 3.05) is 0 Å². The minimum atomic E-state index is -5.24. The fraction of sp³-hybridized carbons (Fsp3) is 0.0588. The molecule has 0 aliphatic rings. The van der Waals surface area contributed by atoms with Crippen LogP contribution in [-0.2, 0) is 19.7 Å². The highest BCUT2D eigenvalue weighted by atomic mass is 79.9. The molecule has 0 saturated carbocycles. The molecule has 5 aromatic carbocycles. The van der Waals surface area contributed by atoms with Gasteiger partial charge in [-0.15, -0.1) is 0 Å². The van der Waals surface area contributed by atoms with Crippen LogP contribution in [0.25, 0.3) is 22.2 Å². The number of alkyl halides is 1. The van der Waals surface area contributed by atoms with Gasteiger partial charge in [0.25, 0.3) is 0 Å². The summed E-state index contributed by atoms with van der Waals surface area (Å²) in [7, 11) is -10.5. The summed E-state index contributed by atoms with van der Waals surface area (Å²) in [5.74, 6) is -1.83. The zero-order valence-electron chi connectivity index (χ0n) is 22.6. The normalized spacial score (nSPS) is 13.2. The standard InChI is InChI=1S/C34H25BrFNO4S2/c35-26-16-12-15-25(23-26)32(31-29-21-10-11-22-30(29)37-33(31)24-13-4-1-5-14-24)34(36,42(38,39)27-17-6-2-7-18-27)43(40,41)28-19-8-3-9-20-28/h1-23,32,37H. The van der Waals surface area contributed by atoms with Crippen molar-refractivity contribution in [3.8, 4) is 11.3 Å². The number of aromatic amines is 1. The Bertz CT molecular complexity index is 2070. The Morgan fingerprint density at radius 1 is 0.628 bits per heavy atom. The summed E-state index contributed by atoms with van der Waals surface area (Å²) >= 11 is 3.44. The number of rotatable bonds is 8. The van der Waals surface area contributed by atoms with Crippen LogP contribution in [0.3, 0.4) is 0 Å². The van der Waals surface area contributed by atoms with Gasteiger partial charge in [-0.1, -0.05) is 113 Å². The van der Waals surface area contributed by atoms with E-state index in [9.17, 15) is 16.8 Å². The number of benzene rings is 5. The number of hydrogen-bond donors (Lipinski definition) is 1. The van der Waals surface area contributed by atoms with Crippen LogP contribution >= 0.6 is 15.9 Å². The third-order valence-corrected chi connectivity index (χ3v) is 13.0. The molecule has 1 heterocycles. The number of halogens is 2. The lowest BCUT2D eigenvalue weighted by atomic mass is 9.88. The fourth-order valence-corrected chi connectivity index (χ4v) is 10.4. The lowest BCUT2D eigenvalue weighted by Gasteiger charge is -2.34. The fourth-order valence-electron chi connectivity index (χ4n) is 5.50. The molecule has 5 nitrogen and oxygen atoms in total. The first-order valence-corrected chi connectivity index (χ1v) is 17.1. The summed E-state index contributed by atoms with van der Waals surface area (Å²) in [6.45, 7) is 0. The van der Waals surface area contributed by atoms with Crippen LogP contribution in [0.5, 0.6) is 0 Å². The number of aromatic nitrogens is 1. The second-order valence-electron chi connectivity index (χ2n) is 10.0. The molecule has 0 aliphatic carbocycles. The van der Waals surface area contributed by atoms with E-state index in [4.69, 9.17) is 0 Å². The second kappa shape index (κ2) is 11.2. The van der Waals surface area contributed by atoms with Gasteiger partial charge in [-0.3, -0.25) is 0 Å². The van der Waals surface area contributed by atoms with E-state index in [0.717, 1.165) is 0 Å². The van der Waals surface area contributed by atoms with E-state index in [-0.39, 0.29) is 11.1 Å². The van der Waals surface area contributed by atoms with Gasteiger partial charge in [-0.2, -0.15) is 0 Å². The molecule has 1 atom stereocenters. The number of sulfone groups is 2. The molecule has 0 amide bonds. The van der Waals surface area contributed by atoms with Crippen molar-refractivity contribution in [2.24, 2.45) is 0 Å². The van der Waals surface area contributed by atoms with Gasteiger partial charge in [-0.25, -0.2) is 21.2 Å². The smallest absolute Gasteiger partial charge is 0.328 e. The van der Waals surface area contributed by atoms with E-state index in [1.807, 2.05) is 30.3 Å². The number of fused-ring (bicyclic) bond motifs is 1. The summed E-state index contributed by atoms with van der Waals surface area (Å²) in [6, 6.07) is 36.4. The summed E-state index contributed by atoms with van der Waals surface area (Å²) in [4.78, 5) is 2.44. The van der Waals surface area contributed by atoms with Gasteiger partial charge in [0, 0.05) is 15.4 Å². The Balaban J connectivity index is 1.81. The molecule has 0 bridgehead atoms. The van der Waals surface area contributed by atoms with E-state index in [1.165, 1.54) is 48.5 Å². The van der Waals surface area contributed by atoms with Crippen LogP contribution in [-0.4, -0.2) is 26.2 Å². The minimum Gasteiger partial charge on any atom is -0.354 e. The maximum atomic E-state index is 18.8. The van der Waals surface area contributed by atoms with Crippen molar-refractivity contribution >= 4 is 46.5 Å². The first-order valence-electron chi connectivity index (χ1n) is 13.4. The van der Waals surface area contributed by atoms with Crippen molar-refractivity contribution in [2.45, 2.75) is 20.0 Å². The molecule has 0 spiro atoms. The molecule has 216 valence electrons. The summed E-state index contributed by atoms with van der Waals surface area (Å²) in [6.07, 6.45) is 0. The van der Waals surface area contributed by atoms with Crippen molar-refractivity contribution in [1.29, 1.82) is 0 Å². The maximum absolute atomic E-state index is 18.8. The van der Waals surface area contributed by atoms with E-state index in [0.29, 0.717) is 26.6 Å². The van der Waals surface area contributed by atoms with Crippen molar-refractivity contribution in [3.05, 3.63) is 155 Å². The molecule has 6 aromatic rings. The van der Waals surface area contributed by atoms with Gasteiger partial charge in [0.15, 0.2) is 0 Å². The molecule has 1 N–H and O–H groups in total. The lowest BCUT2D eigenvalue weighted by molar-refractivity contribution is 0.328. The Kier molecular flexibility index (Phi) is 7.58. The quantitative estimate of drug-likeness (QED) is 0.176. The molecule has 6 rings (SSSR count). The van der Waals surface area contributed by atoms with Gasteiger partial charge in [0.05, 0.1) is 21.4 Å². The molecule has 0 fully saturated rings. The zero-order chi connectivity index (χ0) is 30.2. The molecular weight excluding hydrogens is 649 g/mol. The maximum Gasteiger partial charge on any atom is 0.328 e. The number of nitrogens with one attached hydrogen (secondary N) is 1. The van der Waals surface area contributed by atoms with Gasteiger partial charge in [-0.05, 0) is 59.2 Å². The predicted octanol–water partition coefficient (Wildman–Crippen LogP) is 8.30. The third kappa shape index (κ3) is 4.81. The molecule has 43 heavy (non-hydrogen) atoms. The Morgan fingerprint density at radius 2 is 1.14 bits per heavy atom. The summed E-state index contributed by atoms with van der Waals surface area (Å²) < 4.78 is 74.1. The molecule has 0 aliphatic heterocycles. The highest BCUT2D eigenvalue weighted by molar-refractivity contribution is 9.10. The van der Waals surface area contributed by atoms with Gasteiger partial charge in [0.2, 0.25) is 19.7 Å². The average Bonchev–Trinajstić information content (AvgIpc) is 3.41. The Morgan fingerprint density at radius 3 is 1.70 bits per heavy atom. The number of hydrogen-bond acceptors (Lipinski definition) is 4. The van der Waals surface area contributed by atoms with E-state index in [1.54, 1.807) is 60.7 Å².